The van der Waals surface area contributed by atoms with E-state index >= 15 is 0 Å². The minimum atomic E-state index is -3.46. The highest BCUT2D eigenvalue weighted by Gasteiger charge is 2.14. The number of thiazole rings is 1. The molecule has 0 bridgehead atoms. The zero-order valence-corrected chi connectivity index (χ0v) is 11.1. The molecule has 2 rings (SSSR count). The van der Waals surface area contributed by atoms with Gasteiger partial charge in [0.25, 0.3) is 0 Å². The van der Waals surface area contributed by atoms with E-state index in [4.69, 9.17) is 0 Å². The highest BCUT2D eigenvalue weighted by atomic mass is 32.2. The van der Waals surface area contributed by atoms with Gasteiger partial charge in [-0.1, -0.05) is 18.3 Å². The van der Waals surface area contributed by atoms with Gasteiger partial charge in [0.05, 0.1) is 15.1 Å². The third-order valence-electron chi connectivity index (χ3n) is 2.41. The molecule has 0 aliphatic heterocycles. The molecule has 1 heterocycles. The lowest BCUT2D eigenvalue weighted by atomic mass is 10.3. The maximum atomic E-state index is 11.8. The Morgan fingerprint density at radius 1 is 1.41 bits per heavy atom. The van der Waals surface area contributed by atoms with Gasteiger partial charge in [0, 0.05) is 13.6 Å². The molecule has 1 aromatic carbocycles. The van der Waals surface area contributed by atoms with Crippen LogP contribution >= 0.6 is 11.3 Å². The highest BCUT2D eigenvalue weighted by Crippen LogP contribution is 2.20. The fourth-order valence-electron chi connectivity index (χ4n) is 1.55. The van der Waals surface area contributed by atoms with Crippen LogP contribution in [0, 0.1) is 0 Å². The van der Waals surface area contributed by atoms with Gasteiger partial charge >= 0.3 is 4.87 Å². The highest BCUT2D eigenvalue weighted by molar-refractivity contribution is 7.89. The smallest absolute Gasteiger partial charge is 0.302 e. The van der Waals surface area contributed by atoms with Gasteiger partial charge in [-0.3, -0.25) is 4.79 Å². The van der Waals surface area contributed by atoms with Crippen LogP contribution in [-0.2, 0) is 17.1 Å². The number of rotatable bonds is 3. The average Bonchev–Trinajstić information content (AvgIpc) is 2.54. The van der Waals surface area contributed by atoms with Crippen molar-refractivity contribution >= 4 is 31.6 Å². The lowest BCUT2D eigenvalue weighted by Gasteiger charge is -2.04. The zero-order valence-electron chi connectivity index (χ0n) is 9.43. The third kappa shape index (κ3) is 2.13. The summed E-state index contributed by atoms with van der Waals surface area (Å²) in [6, 6.07) is 4.68. The molecule has 0 aliphatic rings. The van der Waals surface area contributed by atoms with Crippen LogP contribution in [0.2, 0.25) is 0 Å². The van der Waals surface area contributed by atoms with Gasteiger partial charge < -0.3 is 4.57 Å². The van der Waals surface area contributed by atoms with E-state index < -0.39 is 10.0 Å². The van der Waals surface area contributed by atoms with Crippen molar-refractivity contribution in [1.82, 2.24) is 9.29 Å². The predicted octanol–water partition coefficient (Wildman–Crippen LogP) is 0.898. The summed E-state index contributed by atoms with van der Waals surface area (Å²) in [4.78, 5) is 11.5. The van der Waals surface area contributed by atoms with Crippen LogP contribution in [0.3, 0.4) is 0 Å². The van der Waals surface area contributed by atoms with Crippen LogP contribution in [0.5, 0.6) is 0 Å². The normalized spacial score (nSPS) is 12.1. The van der Waals surface area contributed by atoms with E-state index in [1.165, 1.54) is 16.7 Å². The van der Waals surface area contributed by atoms with E-state index in [1.807, 2.05) is 0 Å². The van der Waals surface area contributed by atoms with Crippen molar-refractivity contribution in [1.29, 1.82) is 0 Å². The number of benzene rings is 1. The molecule has 0 unspecified atom stereocenters. The first-order valence-electron chi connectivity index (χ1n) is 5.05. The number of aromatic nitrogens is 1. The van der Waals surface area contributed by atoms with Gasteiger partial charge in [0.1, 0.15) is 0 Å². The van der Waals surface area contributed by atoms with Gasteiger partial charge in [-0.15, -0.1) is 0 Å². The average molecular weight is 272 g/mol. The van der Waals surface area contributed by atoms with Crippen molar-refractivity contribution in [3.05, 3.63) is 27.9 Å². The van der Waals surface area contributed by atoms with Gasteiger partial charge in [0.2, 0.25) is 10.0 Å². The summed E-state index contributed by atoms with van der Waals surface area (Å²) in [7, 11) is -1.79. The second-order valence-corrected chi connectivity index (χ2v) is 6.32. The van der Waals surface area contributed by atoms with Gasteiger partial charge in [-0.25, -0.2) is 13.1 Å². The quantitative estimate of drug-likeness (QED) is 0.902. The first kappa shape index (κ1) is 12.3. The molecule has 0 saturated carbocycles. The Bertz CT molecular complexity index is 713. The Balaban J connectivity index is 2.64. The molecule has 0 radical (unpaired) electrons. The molecular weight excluding hydrogens is 260 g/mol. The fraction of sp³-hybridized carbons (Fsp3) is 0.300. The second kappa shape index (κ2) is 4.25. The Labute approximate surface area is 103 Å². The van der Waals surface area contributed by atoms with Crippen LogP contribution < -0.4 is 9.60 Å². The summed E-state index contributed by atoms with van der Waals surface area (Å²) < 4.78 is 28.1. The van der Waals surface area contributed by atoms with Crippen LogP contribution in [0.25, 0.3) is 10.2 Å². The SMILES string of the molecule is CCNS(=O)(=O)c1ccc2c(c1)sc(=O)n2C. The second-order valence-electron chi connectivity index (χ2n) is 3.56. The summed E-state index contributed by atoms with van der Waals surface area (Å²) in [6.07, 6.45) is 0. The minimum absolute atomic E-state index is 0.0991. The maximum absolute atomic E-state index is 11.8. The summed E-state index contributed by atoms with van der Waals surface area (Å²) >= 11 is 1.04. The lowest BCUT2D eigenvalue weighted by Crippen LogP contribution is -2.22. The number of hydrogen-bond donors (Lipinski definition) is 1. The van der Waals surface area contributed by atoms with E-state index in [-0.39, 0.29) is 9.77 Å². The molecular formula is C10H12N2O3S2. The van der Waals surface area contributed by atoms with Crippen LogP contribution in [-0.4, -0.2) is 19.5 Å². The van der Waals surface area contributed by atoms with Gasteiger partial charge in [-0.2, -0.15) is 0 Å². The molecule has 0 spiro atoms. The largest absolute Gasteiger partial charge is 0.307 e. The Kier molecular flexibility index (Phi) is 3.07. The van der Waals surface area contributed by atoms with E-state index in [2.05, 4.69) is 4.72 Å². The molecule has 0 saturated heterocycles. The third-order valence-corrected chi connectivity index (χ3v) is 4.95. The molecule has 1 N–H and O–H groups in total. The molecule has 0 fully saturated rings. The number of sulfonamides is 1. The Morgan fingerprint density at radius 2 is 2.12 bits per heavy atom. The summed E-state index contributed by atoms with van der Waals surface area (Å²) in [6.45, 7) is 2.06. The standard InChI is InChI=1S/C10H12N2O3S2/c1-3-11-17(14,15)7-4-5-8-9(6-7)16-10(13)12(8)2/h4-6,11H,3H2,1-2H3. The summed E-state index contributed by atoms with van der Waals surface area (Å²) in [5.74, 6) is 0. The van der Waals surface area contributed by atoms with Crippen molar-refractivity contribution in [2.24, 2.45) is 7.05 Å². The number of aryl methyl sites for hydroxylation is 1. The maximum Gasteiger partial charge on any atom is 0.307 e. The first-order chi connectivity index (χ1) is 7.95. The molecule has 17 heavy (non-hydrogen) atoms. The topological polar surface area (TPSA) is 68.2 Å². The van der Waals surface area contributed by atoms with Gasteiger partial charge in [-0.05, 0) is 18.2 Å². The molecule has 0 atom stereocenters. The molecule has 2 aromatic rings. The number of hydrogen-bond acceptors (Lipinski definition) is 4. The minimum Gasteiger partial charge on any atom is -0.302 e. The van der Waals surface area contributed by atoms with E-state index in [9.17, 15) is 13.2 Å². The van der Waals surface area contributed by atoms with Crippen molar-refractivity contribution in [2.75, 3.05) is 6.54 Å². The summed E-state index contributed by atoms with van der Waals surface area (Å²) in [5.41, 5.74) is 0.746. The predicted molar refractivity (Wildman–Crippen MR) is 67.9 cm³/mol. The van der Waals surface area contributed by atoms with Gasteiger partial charge in [0.15, 0.2) is 0 Å². The van der Waals surface area contributed by atoms with Crippen LogP contribution in [0.4, 0.5) is 0 Å². The fourth-order valence-corrected chi connectivity index (χ4v) is 3.62. The zero-order chi connectivity index (χ0) is 12.6. The van der Waals surface area contributed by atoms with E-state index in [1.54, 1.807) is 20.0 Å². The molecule has 0 aliphatic carbocycles. The Hall–Kier alpha value is -1.18. The van der Waals surface area contributed by atoms with Crippen LogP contribution in [0.15, 0.2) is 27.9 Å². The molecule has 1 aromatic heterocycles. The van der Waals surface area contributed by atoms with E-state index in [0.29, 0.717) is 11.2 Å². The summed E-state index contributed by atoms with van der Waals surface area (Å²) in [5, 5.41) is 0. The first-order valence-corrected chi connectivity index (χ1v) is 7.35. The lowest BCUT2D eigenvalue weighted by molar-refractivity contribution is 0.584. The van der Waals surface area contributed by atoms with E-state index in [0.717, 1.165) is 16.9 Å². The number of nitrogens with zero attached hydrogens (tertiary/aromatic N) is 1. The molecule has 0 amide bonds. The molecule has 5 nitrogen and oxygen atoms in total. The monoisotopic (exact) mass is 272 g/mol. The molecule has 92 valence electrons. The van der Waals surface area contributed by atoms with Crippen molar-refractivity contribution < 1.29 is 8.42 Å². The van der Waals surface area contributed by atoms with Crippen LogP contribution in [0.1, 0.15) is 6.92 Å². The van der Waals surface area contributed by atoms with Crippen molar-refractivity contribution in [2.45, 2.75) is 11.8 Å². The number of fused-ring (bicyclic) bond motifs is 1. The Morgan fingerprint density at radius 3 is 2.76 bits per heavy atom. The number of nitrogens with one attached hydrogen (secondary N) is 1. The molecule has 7 heteroatoms. The van der Waals surface area contributed by atoms with Crippen molar-refractivity contribution in [3.8, 4) is 0 Å². The van der Waals surface area contributed by atoms with Crippen molar-refractivity contribution in [3.63, 3.8) is 0 Å².